The number of halogens is 1. The fraction of sp³-hybridized carbons (Fsp3) is 0.0667. The van der Waals surface area contributed by atoms with Crippen molar-refractivity contribution >= 4 is 11.9 Å². The molecule has 0 fully saturated rings. The minimum Gasteiger partial charge on any atom is -0.478 e. The highest BCUT2D eigenvalue weighted by atomic mass is 19.1. The lowest BCUT2D eigenvalue weighted by Crippen LogP contribution is -2.07. The molecular formula is C15H11FO4. The molecule has 2 rings (SSSR count). The normalized spacial score (nSPS) is 10.3. The van der Waals surface area contributed by atoms with E-state index < -0.39 is 23.3 Å². The Morgan fingerprint density at radius 3 is 2.10 bits per heavy atom. The summed E-state index contributed by atoms with van der Waals surface area (Å²) in [5.74, 6) is -3.81. The van der Waals surface area contributed by atoms with Gasteiger partial charge in [0.05, 0.1) is 11.1 Å². The van der Waals surface area contributed by atoms with Gasteiger partial charge in [0.15, 0.2) is 0 Å². The third kappa shape index (κ3) is 2.38. The Labute approximate surface area is 114 Å². The van der Waals surface area contributed by atoms with Gasteiger partial charge in [-0.3, -0.25) is 0 Å². The van der Waals surface area contributed by atoms with Gasteiger partial charge in [0.2, 0.25) is 0 Å². The Morgan fingerprint density at radius 1 is 0.950 bits per heavy atom. The number of benzene rings is 2. The monoisotopic (exact) mass is 274 g/mol. The lowest BCUT2D eigenvalue weighted by molar-refractivity contribution is 0.0677. The first kappa shape index (κ1) is 13.7. The van der Waals surface area contributed by atoms with Crippen molar-refractivity contribution in [3.05, 3.63) is 58.9 Å². The summed E-state index contributed by atoms with van der Waals surface area (Å²) < 4.78 is 13.6. The summed E-state index contributed by atoms with van der Waals surface area (Å²) in [4.78, 5) is 22.2. The van der Waals surface area contributed by atoms with Gasteiger partial charge in [-0.15, -0.1) is 0 Å². The third-order valence-corrected chi connectivity index (χ3v) is 3.00. The molecule has 20 heavy (non-hydrogen) atoms. The second kappa shape index (κ2) is 5.13. The second-order valence-electron chi connectivity index (χ2n) is 4.30. The van der Waals surface area contributed by atoms with Crippen LogP contribution in [-0.4, -0.2) is 22.2 Å². The Hall–Kier alpha value is -2.69. The predicted octanol–water partition coefficient (Wildman–Crippen LogP) is 3.20. The molecule has 4 nitrogen and oxygen atoms in total. The van der Waals surface area contributed by atoms with Crippen molar-refractivity contribution in [1.29, 1.82) is 0 Å². The molecule has 0 unspecified atom stereocenters. The summed E-state index contributed by atoms with van der Waals surface area (Å²) >= 11 is 0. The second-order valence-corrected chi connectivity index (χ2v) is 4.30. The summed E-state index contributed by atoms with van der Waals surface area (Å²) in [6.45, 7) is 1.77. The predicted molar refractivity (Wildman–Crippen MR) is 70.5 cm³/mol. The number of aromatic carboxylic acids is 2. The fourth-order valence-electron chi connectivity index (χ4n) is 2.01. The van der Waals surface area contributed by atoms with E-state index in [9.17, 15) is 14.0 Å². The highest BCUT2D eigenvalue weighted by Crippen LogP contribution is 2.29. The molecule has 0 aliphatic heterocycles. The van der Waals surface area contributed by atoms with Crippen LogP contribution in [0.1, 0.15) is 26.3 Å². The van der Waals surface area contributed by atoms with Crippen molar-refractivity contribution in [2.45, 2.75) is 6.92 Å². The van der Waals surface area contributed by atoms with E-state index >= 15 is 0 Å². The van der Waals surface area contributed by atoms with Gasteiger partial charge in [-0.25, -0.2) is 14.0 Å². The molecule has 0 radical (unpaired) electrons. The summed E-state index contributed by atoms with van der Waals surface area (Å²) in [5, 5.41) is 18.1. The molecule has 0 heterocycles. The molecule has 0 saturated heterocycles. The van der Waals surface area contributed by atoms with E-state index in [1.165, 1.54) is 0 Å². The van der Waals surface area contributed by atoms with Gasteiger partial charge in [0, 0.05) is 0 Å². The first-order valence-electron chi connectivity index (χ1n) is 5.78. The average molecular weight is 274 g/mol. The highest BCUT2D eigenvalue weighted by Gasteiger charge is 2.20. The van der Waals surface area contributed by atoms with Crippen LogP contribution in [0.25, 0.3) is 11.1 Å². The Balaban J connectivity index is 2.79. The minimum absolute atomic E-state index is 0.189. The van der Waals surface area contributed by atoms with Crippen LogP contribution in [0.15, 0.2) is 36.4 Å². The zero-order valence-electron chi connectivity index (χ0n) is 10.6. The number of hydrogen-bond acceptors (Lipinski definition) is 2. The Morgan fingerprint density at radius 2 is 1.55 bits per heavy atom. The lowest BCUT2D eigenvalue weighted by Gasteiger charge is -2.11. The molecule has 2 aromatic carbocycles. The molecule has 102 valence electrons. The fourth-order valence-corrected chi connectivity index (χ4v) is 2.01. The first-order valence-corrected chi connectivity index (χ1v) is 5.78. The third-order valence-electron chi connectivity index (χ3n) is 3.00. The summed E-state index contributed by atoms with van der Waals surface area (Å²) in [7, 11) is 0. The van der Waals surface area contributed by atoms with E-state index in [0.29, 0.717) is 5.56 Å². The van der Waals surface area contributed by atoms with Crippen LogP contribution < -0.4 is 0 Å². The number of hydrogen-bond donors (Lipinski definition) is 2. The van der Waals surface area contributed by atoms with Gasteiger partial charge in [-0.05, 0) is 35.7 Å². The van der Waals surface area contributed by atoms with Crippen LogP contribution in [0, 0.1) is 12.7 Å². The number of aryl methyl sites for hydroxylation is 1. The van der Waals surface area contributed by atoms with Crippen LogP contribution in [0.2, 0.25) is 0 Å². The van der Waals surface area contributed by atoms with E-state index in [4.69, 9.17) is 10.2 Å². The van der Waals surface area contributed by atoms with Crippen LogP contribution in [0.5, 0.6) is 0 Å². The number of carboxylic acids is 2. The van der Waals surface area contributed by atoms with Gasteiger partial charge in [-0.1, -0.05) is 24.3 Å². The SMILES string of the molecule is Cc1ccccc1-c1cc(C(=O)O)c(F)cc1C(=O)O. The summed E-state index contributed by atoms with van der Waals surface area (Å²) in [6.07, 6.45) is 0. The molecule has 5 heteroatoms. The van der Waals surface area contributed by atoms with E-state index in [2.05, 4.69) is 0 Å². The lowest BCUT2D eigenvalue weighted by atomic mass is 9.94. The first-order chi connectivity index (χ1) is 9.41. The van der Waals surface area contributed by atoms with Crippen LogP contribution in [0.3, 0.4) is 0 Å². The number of carbonyl (C=O) groups is 2. The minimum atomic E-state index is -1.44. The van der Waals surface area contributed by atoms with Crippen LogP contribution in [0.4, 0.5) is 4.39 Å². The largest absolute Gasteiger partial charge is 0.478 e. The standard InChI is InChI=1S/C15H11FO4/c1-8-4-2-3-5-9(8)10-6-12(15(19)20)13(16)7-11(10)14(17)18/h2-7H,1H3,(H,17,18)(H,19,20). The topological polar surface area (TPSA) is 74.6 Å². The number of carboxylic acid groups (broad SMARTS) is 2. The van der Waals surface area contributed by atoms with Crippen molar-refractivity contribution in [2.24, 2.45) is 0 Å². The molecule has 0 spiro atoms. The van der Waals surface area contributed by atoms with E-state index in [-0.39, 0.29) is 11.1 Å². The average Bonchev–Trinajstić information content (AvgIpc) is 2.38. The van der Waals surface area contributed by atoms with Crippen molar-refractivity contribution in [3.8, 4) is 11.1 Å². The van der Waals surface area contributed by atoms with E-state index in [1.54, 1.807) is 31.2 Å². The van der Waals surface area contributed by atoms with Gasteiger partial charge < -0.3 is 10.2 Å². The van der Waals surface area contributed by atoms with Gasteiger partial charge in [0.25, 0.3) is 0 Å². The molecule has 0 saturated carbocycles. The smallest absolute Gasteiger partial charge is 0.338 e. The molecule has 2 N–H and O–H groups in total. The molecule has 0 atom stereocenters. The van der Waals surface area contributed by atoms with Gasteiger partial charge in [0.1, 0.15) is 5.82 Å². The van der Waals surface area contributed by atoms with Crippen LogP contribution >= 0.6 is 0 Å². The van der Waals surface area contributed by atoms with Crippen molar-refractivity contribution in [1.82, 2.24) is 0 Å². The van der Waals surface area contributed by atoms with Crippen molar-refractivity contribution in [3.63, 3.8) is 0 Å². The summed E-state index contributed by atoms with van der Waals surface area (Å²) in [6, 6.07) is 8.72. The van der Waals surface area contributed by atoms with Gasteiger partial charge in [-0.2, -0.15) is 0 Å². The zero-order chi connectivity index (χ0) is 14.9. The quantitative estimate of drug-likeness (QED) is 0.901. The summed E-state index contributed by atoms with van der Waals surface area (Å²) in [5.41, 5.74) is 0.717. The van der Waals surface area contributed by atoms with E-state index in [0.717, 1.165) is 17.7 Å². The van der Waals surface area contributed by atoms with Gasteiger partial charge >= 0.3 is 11.9 Å². The van der Waals surface area contributed by atoms with E-state index in [1.807, 2.05) is 0 Å². The highest BCUT2D eigenvalue weighted by molar-refractivity contribution is 5.99. The molecule has 0 aliphatic rings. The Kier molecular flexibility index (Phi) is 3.52. The maximum atomic E-state index is 13.6. The molecule has 0 aliphatic carbocycles. The molecule has 0 bridgehead atoms. The Bertz CT molecular complexity index is 707. The molecule has 2 aromatic rings. The molecular weight excluding hydrogens is 263 g/mol. The zero-order valence-corrected chi connectivity index (χ0v) is 10.6. The maximum Gasteiger partial charge on any atom is 0.338 e. The molecule has 0 aromatic heterocycles. The maximum absolute atomic E-state index is 13.6. The number of rotatable bonds is 3. The van der Waals surface area contributed by atoms with Crippen LogP contribution in [-0.2, 0) is 0 Å². The van der Waals surface area contributed by atoms with Crippen molar-refractivity contribution < 1.29 is 24.2 Å². The van der Waals surface area contributed by atoms with Crippen molar-refractivity contribution in [2.75, 3.05) is 0 Å². The molecule has 0 amide bonds.